The molecule has 18 nitrogen and oxygen atoms in total. The van der Waals surface area contributed by atoms with E-state index in [9.17, 15) is 34.8 Å². The molecule has 2 aromatic rings. The molecule has 2 aromatic carbocycles. The van der Waals surface area contributed by atoms with Crippen molar-refractivity contribution in [3.63, 3.8) is 0 Å². The highest BCUT2D eigenvalue weighted by atomic mass is 16.7. The van der Waals surface area contributed by atoms with Gasteiger partial charge in [-0.25, -0.2) is 9.79 Å². The quantitative estimate of drug-likeness (QED) is 0.230. The van der Waals surface area contributed by atoms with Gasteiger partial charge in [0.25, 0.3) is 11.7 Å². The molecule has 0 radical (unpaired) electrons. The van der Waals surface area contributed by atoms with Gasteiger partial charge in [0.1, 0.15) is 34.0 Å². The Morgan fingerprint density at radius 3 is 2.29 bits per heavy atom. The van der Waals surface area contributed by atoms with E-state index in [-0.39, 0.29) is 49.7 Å². The number of aliphatic hydroxyl groups excluding tert-OH is 2. The Morgan fingerprint density at radius 2 is 1.63 bits per heavy atom. The van der Waals surface area contributed by atoms with Crippen LogP contribution in [0.15, 0.2) is 46.1 Å². The zero-order chi connectivity index (χ0) is 52.7. The van der Waals surface area contributed by atoms with E-state index >= 15 is 0 Å². The molecule has 3 fully saturated rings. The van der Waals surface area contributed by atoms with Crippen LogP contribution in [0.3, 0.4) is 0 Å². The lowest BCUT2D eigenvalue weighted by molar-refractivity contribution is -0.114. The molecule has 3 saturated heterocycles. The molecule has 7 heterocycles. The third-order valence-corrected chi connectivity index (χ3v) is 16.3. The van der Waals surface area contributed by atoms with Gasteiger partial charge in [-0.15, -0.1) is 0 Å². The van der Waals surface area contributed by atoms with Crippen LogP contribution in [0.1, 0.15) is 97.0 Å². The van der Waals surface area contributed by atoms with Gasteiger partial charge in [-0.05, 0) is 44.6 Å². The summed E-state index contributed by atoms with van der Waals surface area (Å²) in [5.74, 6) is -5.72. The second-order valence-corrected chi connectivity index (χ2v) is 22.1. The Bertz CT molecular complexity index is 2630. The molecule has 18 heteroatoms. The normalized spacial score (nSPS) is 33.1. The molecule has 400 valence electrons. The number of anilines is 1. The fraction of sp³-hybridized carbons (Fsp3) is 0.655. The third kappa shape index (κ3) is 10.9. The standard InChI is InChI=1S/C55H78N6O12/c1-30(2)27-59-19-17-55(18-20-59)57-42-39-40-47(64)36(8)50-41(39)51(66)54(9,73-50)71-26-16-38(69-10)33(5)49(72-53(68)61-23-21-60(22-24-61)28-37-15-12-25-70-29-37)35(7)46(63)34(6)45(62)31(3)13-11-14-32(4)52(67)56-44(48(40)65)43(42)58-55/h11,13-14,16,26,30-31,33-35,37-38,45-46,49,57,62-65H,12,15,17-25,27-29H2,1-10H3/b13-11+,26-16+,32-14-,56-44?/t31-,33+,34+,35+,37?,38-,45-,46+,49+,54-/m0/s1. The number of benzene rings is 2. The molecular formula is C55H78N6O12. The number of amides is 2. The molecule has 73 heavy (non-hydrogen) atoms. The Hall–Kier alpha value is -5.11. The molecule has 9 rings (SSSR count). The number of hydrogen-bond donors (Lipinski definition) is 5. The minimum Gasteiger partial charge on any atom is -0.507 e. The fourth-order valence-corrected chi connectivity index (χ4v) is 11.7. The summed E-state index contributed by atoms with van der Waals surface area (Å²) in [6, 6.07) is 0. The van der Waals surface area contributed by atoms with Crippen molar-refractivity contribution in [3.8, 4) is 17.2 Å². The number of aromatic hydroxyl groups is 2. The van der Waals surface area contributed by atoms with Crippen LogP contribution in [0, 0.1) is 42.4 Å². The van der Waals surface area contributed by atoms with Crippen molar-refractivity contribution in [1.82, 2.24) is 14.7 Å². The highest BCUT2D eigenvalue weighted by molar-refractivity contribution is 6.21. The van der Waals surface area contributed by atoms with Gasteiger partial charge in [0.05, 0.1) is 47.8 Å². The number of rotatable bonds is 6. The van der Waals surface area contributed by atoms with E-state index < -0.39 is 83.1 Å². The third-order valence-electron chi connectivity index (χ3n) is 16.3. The van der Waals surface area contributed by atoms with Crippen LogP contribution in [0.4, 0.5) is 10.5 Å². The minimum absolute atomic E-state index is 0.0546. The molecule has 7 aliphatic heterocycles. The molecule has 7 aliphatic rings. The van der Waals surface area contributed by atoms with Crippen molar-refractivity contribution in [3.05, 3.63) is 58.0 Å². The van der Waals surface area contributed by atoms with E-state index in [1.54, 1.807) is 63.8 Å². The number of piperazine rings is 1. The van der Waals surface area contributed by atoms with E-state index in [2.05, 4.69) is 34.0 Å². The van der Waals surface area contributed by atoms with Crippen molar-refractivity contribution in [1.29, 1.82) is 0 Å². The number of piperidine rings is 1. The summed E-state index contributed by atoms with van der Waals surface area (Å²) in [6.07, 6.45) is 6.68. The number of phenols is 2. The van der Waals surface area contributed by atoms with Crippen LogP contribution >= 0.6 is 0 Å². The summed E-state index contributed by atoms with van der Waals surface area (Å²) < 4.78 is 30.8. The van der Waals surface area contributed by atoms with Crippen molar-refractivity contribution in [2.24, 2.45) is 45.5 Å². The van der Waals surface area contributed by atoms with Crippen molar-refractivity contribution >= 4 is 34.2 Å². The second-order valence-electron chi connectivity index (χ2n) is 22.1. The number of ether oxygens (including phenoxy) is 5. The van der Waals surface area contributed by atoms with Crippen molar-refractivity contribution in [2.45, 2.75) is 124 Å². The number of hydrogen-bond acceptors (Lipinski definition) is 16. The zero-order valence-corrected chi connectivity index (χ0v) is 44.4. The molecule has 5 bridgehead atoms. The van der Waals surface area contributed by atoms with Crippen LogP contribution < -0.4 is 20.8 Å². The van der Waals surface area contributed by atoms with E-state index in [1.807, 2.05) is 6.92 Å². The maximum Gasteiger partial charge on any atom is 0.410 e. The van der Waals surface area contributed by atoms with Gasteiger partial charge in [0, 0.05) is 126 Å². The molecule has 0 aromatic heterocycles. The van der Waals surface area contributed by atoms with E-state index in [4.69, 9.17) is 28.7 Å². The lowest BCUT2D eigenvalue weighted by Gasteiger charge is -2.40. The summed E-state index contributed by atoms with van der Waals surface area (Å²) in [7, 11) is 1.50. The van der Waals surface area contributed by atoms with Crippen LogP contribution in [0.25, 0.3) is 10.8 Å². The van der Waals surface area contributed by atoms with Gasteiger partial charge < -0.3 is 59.2 Å². The van der Waals surface area contributed by atoms with Crippen LogP contribution in [0.2, 0.25) is 0 Å². The van der Waals surface area contributed by atoms with Gasteiger partial charge in [0.2, 0.25) is 0 Å². The zero-order valence-electron chi connectivity index (χ0n) is 44.4. The van der Waals surface area contributed by atoms with Crippen molar-refractivity contribution < 1.29 is 58.5 Å². The smallest absolute Gasteiger partial charge is 0.410 e. The van der Waals surface area contributed by atoms with E-state index in [1.165, 1.54) is 20.3 Å². The lowest BCUT2D eigenvalue weighted by Crippen LogP contribution is -2.52. The summed E-state index contributed by atoms with van der Waals surface area (Å²) in [6.45, 7) is 23.2. The van der Waals surface area contributed by atoms with Crippen molar-refractivity contribution in [2.75, 3.05) is 78.0 Å². The Morgan fingerprint density at radius 1 is 0.918 bits per heavy atom. The van der Waals surface area contributed by atoms with Crippen LogP contribution in [-0.4, -0.2) is 161 Å². The molecule has 10 atom stereocenters. The maximum atomic E-state index is 15.0. The average Bonchev–Trinajstić information content (AvgIpc) is 3.87. The number of aliphatic hydroxyl groups is 2. The highest BCUT2D eigenvalue weighted by Crippen LogP contribution is 2.51. The SMILES string of the molecule is CO[C@H]1/C=C/O[C@@]2(C)Oc3c(C)c(O)c4c(O)c(c5c(c4c3C2=O)NC2(CCN(CC(C)C)CC2)N=5)=NC(=O)/C(C)=C\C=C\[C@H](C)[C@H](O)[C@@H](C)[C@@H](O)[C@@H](C)[C@H](OC(=O)N2CCN(CC3CCCOC3)CC2)[C@@H]1C. The largest absolute Gasteiger partial charge is 0.507 e. The number of phenolic OH excluding ortho intramolecular Hbond substituents is 2. The number of Topliss-reactive ketones (excluding diaryl/α,β-unsaturated/α-hetero) is 1. The summed E-state index contributed by atoms with van der Waals surface area (Å²) in [5.41, 5.74) is -0.121. The number of likely N-dealkylation sites (tertiary alicyclic amines) is 1. The molecule has 0 saturated carbocycles. The number of methoxy groups -OCH3 is 1. The predicted octanol–water partition coefficient (Wildman–Crippen LogP) is 5.37. The number of ketones is 1. The van der Waals surface area contributed by atoms with E-state index in [0.717, 1.165) is 52.2 Å². The van der Waals surface area contributed by atoms with Crippen LogP contribution in [-0.2, 0) is 23.7 Å². The summed E-state index contributed by atoms with van der Waals surface area (Å²) in [4.78, 5) is 59.2. The fourth-order valence-electron chi connectivity index (χ4n) is 11.7. The maximum absolute atomic E-state index is 15.0. The number of allylic oxidation sites excluding steroid dienone is 2. The second kappa shape index (κ2) is 22.0. The Balaban J connectivity index is 1.17. The number of nitrogens with one attached hydrogen (secondary N) is 1. The summed E-state index contributed by atoms with van der Waals surface area (Å²) in [5, 5.41) is 51.6. The topological polar surface area (TPSA) is 225 Å². The van der Waals surface area contributed by atoms with E-state index in [0.29, 0.717) is 56.5 Å². The molecule has 5 N–H and O–H groups in total. The van der Waals surface area contributed by atoms with Gasteiger partial charge in [-0.2, -0.15) is 0 Å². The first-order valence-corrected chi connectivity index (χ1v) is 26.3. The molecular weight excluding hydrogens is 937 g/mol. The Labute approximate surface area is 428 Å². The first kappa shape index (κ1) is 54.2. The monoisotopic (exact) mass is 1010 g/mol. The number of carbonyl (C=O) groups is 3. The number of carbonyl (C=O) groups excluding carboxylic acids is 3. The average molecular weight is 1020 g/mol. The summed E-state index contributed by atoms with van der Waals surface area (Å²) >= 11 is 0. The molecule has 1 spiro atoms. The molecule has 1 unspecified atom stereocenters. The lowest BCUT2D eigenvalue weighted by atomic mass is 9.78. The van der Waals surface area contributed by atoms with Gasteiger partial charge >= 0.3 is 11.9 Å². The van der Waals surface area contributed by atoms with Gasteiger partial charge in [-0.3, -0.25) is 19.5 Å². The first-order valence-electron chi connectivity index (χ1n) is 26.3. The number of fused-ring (bicyclic) bond motifs is 13. The van der Waals surface area contributed by atoms with Gasteiger partial charge in [0.15, 0.2) is 5.75 Å². The predicted molar refractivity (Wildman–Crippen MR) is 274 cm³/mol. The Kier molecular flexibility index (Phi) is 16.3. The number of nitrogens with zero attached hydrogens (tertiary/aromatic N) is 5. The minimum atomic E-state index is -1.98. The first-order chi connectivity index (χ1) is 34.7. The van der Waals surface area contributed by atoms with Gasteiger partial charge in [-0.1, -0.05) is 59.8 Å². The molecule has 0 aliphatic carbocycles. The molecule has 2 amide bonds. The van der Waals surface area contributed by atoms with Crippen LogP contribution in [0.5, 0.6) is 17.2 Å². The highest BCUT2D eigenvalue weighted by Gasteiger charge is 2.51.